The lowest BCUT2D eigenvalue weighted by Crippen LogP contribution is -1.83. The molecule has 1 aliphatic carbocycles. The predicted molar refractivity (Wildman–Crippen MR) is 69.1 cm³/mol. The minimum absolute atomic E-state index is 0.649. The molecule has 17 heavy (non-hydrogen) atoms. The zero-order valence-electron chi connectivity index (χ0n) is 9.81. The van der Waals surface area contributed by atoms with Crippen molar-refractivity contribution in [2.75, 3.05) is 0 Å². The van der Waals surface area contributed by atoms with Crippen LogP contribution >= 0.6 is 11.8 Å². The molecule has 4 heteroatoms. The Kier molecular flexibility index (Phi) is 2.89. The molecule has 3 nitrogen and oxygen atoms in total. The molecule has 0 bridgehead atoms. The summed E-state index contributed by atoms with van der Waals surface area (Å²) < 4.78 is 0. The molecular formula is C13H15N3S. The Morgan fingerprint density at radius 2 is 2.29 bits per heavy atom. The molecule has 2 aromatic rings. The Labute approximate surface area is 105 Å². The largest absolute Gasteiger partial charge is 0.262 e. The molecular weight excluding hydrogens is 230 g/mol. The Balaban J connectivity index is 1.62. The summed E-state index contributed by atoms with van der Waals surface area (Å²) in [5.74, 6) is 2.65. The minimum Gasteiger partial charge on any atom is -0.262 e. The zero-order chi connectivity index (χ0) is 11.7. The fraction of sp³-hybridized carbons (Fsp3) is 0.385. The number of aryl methyl sites for hydroxylation is 1. The molecule has 88 valence electrons. The summed E-state index contributed by atoms with van der Waals surface area (Å²) in [4.78, 5) is 4.51. The van der Waals surface area contributed by atoms with Crippen LogP contribution < -0.4 is 0 Å². The number of aromatic amines is 1. The van der Waals surface area contributed by atoms with E-state index >= 15 is 0 Å². The van der Waals surface area contributed by atoms with Crippen LogP contribution in [0.25, 0.3) is 0 Å². The van der Waals surface area contributed by atoms with Gasteiger partial charge >= 0.3 is 0 Å². The van der Waals surface area contributed by atoms with Gasteiger partial charge in [-0.05, 0) is 25.3 Å². The van der Waals surface area contributed by atoms with Crippen LogP contribution in [0.1, 0.15) is 35.7 Å². The van der Waals surface area contributed by atoms with Crippen molar-refractivity contribution in [1.82, 2.24) is 15.2 Å². The van der Waals surface area contributed by atoms with Gasteiger partial charge in [-0.1, -0.05) is 41.6 Å². The zero-order valence-corrected chi connectivity index (χ0v) is 10.6. The lowest BCUT2D eigenvalue weighted by atomic mass is 10.2. The summed E-state index contributed by atoms with van der Waals surface area (Å²) in [5, 5.41) is 8.14. The molecule has 0 unspecified atom stereocenters. The highest BCUT2D eigenvalue weighted by atomic mass is 32.2. The van der Waals surface area contributed by atoms with Crippen LogP contribution in [-0.4, -0.2) is 15.2 Å². The van der Waals surface area contributed by atoms with E-state index in [1.54, 1.807) is 11.8 Å². The summed E-state index contributed by atoms with van der Waals surface area (Å²) in [7, 11) is 0. The van der Waals surface area contributed by atoms with E-state index in [-0.39, 0.29) is 0 Å². The molecule has 0 aliphatic heterocycles. The van der Waals surface area contributed by atoms with Crippen LogP contribution in [0.15, 0.2) is 29.4 Å². The quantitative estimate of drug-likeness (QED) is 0.840. The second-order valence-electron chi connectivity index (χ2n) is 4.56. The predicted octanol–water partition coefficient (Wildman–Crippen LogP) is 3.28. The molecule has 1 fully saturated rings. The van der Waals surface area contributed by atoms with Crippen LogP contribution in [0.2, 0.25) is 0 Å². The third kappa shape index (κ3) is 2.69. The van der Waals surface area contributed by atoms with E-state index in [2.05, 4.69) is 46.4 Å². The van der Waals surface area contributed by atoms with E-state index in [1.165, 1.54) is 24.0 Å². The first-order valence-electron chi connectivity index (χ1n) is 5.92. The van der Waals surface area contributed by atoms with E-state index < -0.39 is 0 Å². The third-order valence-corrected chi connectivity index (χ3v) is 3.82. The summed E-state index contributed by atoms with van der Waals surface area (Å²) >= 11 is 1.69. The molecule has 1 N–H and O–H groups in total. The first kappa shape index (κ1) is 10.8. The molecule has 1 aromatic carbocycles. The molecule has 1 aliphatic rings. The Morgan fingerprint density at radius 1 is 1.41 bits per heavy atom. The number of H-pyrrole nitrogens is 1. The summed E-state index contributed by atoms with van der Waals surface area (Å²) in [6, 6.07) is 8.57. The average Bonchev–Trinajstić information content (AvgIpc) is 3.07. The number of nitrogens with zero attached hydrogens (tertiary/aromatic N) is 2. The van der Waals surface area contributed by atoms with Crippen molar-refractivity contribution < 1.29 is 0 Å². The molecule has 0 atom stereocenters. The van der Waals surface area contributed by atoms with Gasteiger partial charge in [0.2, 0.25) is 5.16 Å². The monoisotopic (exact) mass is 245 g/mol. The van der Waals surface area contributed by atoms with E-state index in [4.69, 9.17) is 0 Å². The van der Waals surface area contributed by atoms with Crippen molar-refractivity contribution in [1.29, 1.82) is 0 Å². The van der Waals surface area contributed by atoms with Crippen LogP contribution in [-0.2, 0) is 5.75 Å². The van der Waals surface area contributed by atoms with E-state index in [1.807, 2.05) is 0 Å². The van der Waals surface area contributed by atoms with E-state index in [0.29, 0.717) is 5.92 Å². The van der Waals surface area contributed by atoms with Crippen molar-refractivity contribution in [2.45, 2.75) is 36.6 Å². The van der Waals surface area contributed by atoms with E-state index in [0.717, 1.165) is 16.7 Å². The fourth-order valence-corrected chi connectivity index (χ4v) is 2.56. The van der Waals surface area contributed by atoms with Gasteiger partial charge in [0.25, 0.3) is 0 Å². The SMILES string of the molecule is Cc1cccc(CSc2n[nH]c(C3CC3)n2)c1. The molecule has 1 heterocycles. The van der Waals surface area contributed by atoms with Gasteiger partial charge < -0.3 is 0 Å². The van der Waals surface area contributed by atoms with Crippen molar-refractivity contribution >= 4 is 11.8 Å². The topological polar surface area (TPSA) is 41.6 Å². The van der Waals surface area contributed by atoms with Crippen LogP contribution in [0.4, 0.5) is 0 Å². The highest BCUT2D eigenvalue weighted by molar-refractivity contribution is 7.98. The molecule has 0 amide bonds. The number of nitrogens with one attached hydrogen (secondary N) is 1. The van der Waals surface area contributed by atoms with Gasteiger partial charge in [0.15, 0.2) is 0 Å². The van der Waals surface area contributed by atoms with Gasteiger partial charge in [-0.25, -0.2) is 4.98 Å². The molecule has 1 aromatic heterocycles. The maximum atomic E-state index is 4.51. The van der Waals surface area contributed by atoms with Crippen LogP contribution in [0, 0.1) is 6.92 Å². The maximum Gasteiger partial charge on any atom is 0.208 e. The Hall–Kier alpha value is -1.29. The Morgan fingerprint density at radius 3 is 3.06 bits per heavy atom. The van der Waals surface area contributed by atoms with Crippen molar-refractivity contribution in [3.05, 3.63) is 41.2 Å². The van der Waals surface area contributed by atoms with Gasteiger partial charge in [0.05, 0.1) is 0 Å². The van der Waals surface area contributed by atoms with Crippen molar-refractivity contribution in [3.8, 4) is 0 Å². The summed E-state index contributed by atoms with van der Waals surface area (Å²) in [6.07, 6.45) is 2.52. The summed E-state index contributed by atoms with van der Waals surface area (Å²) in [6.45, 7) is 2.12. The normalized spacial score (nSPS) is 15.1. The molecule has 3 rings (SSSR count). The molecule has 0 saturated heterocycles. The maximum absolute atomic E-state index is 4.51. The highest BCUT2D eigenvalue weighted by Gasteiger charge is 2.27. The van der Waals surface area contributed by atoms with E-state index in [9.17, 15) is 0 Å². The van der Waals surface area contributed by atoms with Gasteiger partial charge in [0, 0.05) is 11.7 Å². The number of hydrogen-bond donors (Lipinski definition) is 1. The molecule has 0 spiro atoms. The van der Waals surface area contributed by atoms with Gasteiger partial charge in [-0.15, -0.1) is 5.10 Å². The average molecular weight is 245 g/mol. The molecule has 0 radical (unpaired) electrons. The van der Waals surface area contributed by atoms with Crippen molar-refractivity contribution in [3.63, 3.8) is 0 Å². The fourth-order valence-electron chi connectivity index (χ4n) is 1.81. The number of aromatic nitrogens is 3. The van der Waals surface area contributed by atoms with Gasteiger partial charge in [-0.2, -0.15) is 0 Å². The first-order chi connectivity index (χ1) is 8.31. The highest BCUT2D eigenvalue weighted by Crippen LogP contribution is 2.38. The van der Waals surface area contributed by atoms with Gasteiger partial charge in [0.1, 0.15) is 5.82 Å². The number of benzene rings is 1. The summed E-state index contributed by atoms with van der Waals surface area (Å²) in [5.41, 5.74) is 2.63. The minimum atomic E-state index is 0.649. The smallest absolute Gasteiger partial charge is 0.208 e. The van der Waals surface area contributed by atoms with Gasteiger partial charge in [-0.3, -0.25) is 5.10 Å². The Bertz CT molecular complexity index is 517. The number of thioether (sulfide) groups is 1. The van der Waals surface area contributed by atoms with Crippen LogP contribution in [0.5, 0.6) is 0 Å². The standard InChI is InChI=1S/C13H15N3S/c1-9-3-2-4-10(7-9)8-17-13-14-12(15-16-13)11-5-6-11/h2-4,7,11H,5-6,8H2,1H3,(H,14,15,16). The van der Waals surface area contributed by atoms with Crippen LogP contribution in [0.3, 0.4) is 0 Å². The third-order valence-electron chi connectivity index (χ3n) is 2.90. The second-order valence-corrected chi connectivity index (χ2v) is 5.50. The second kappa shape index (κ2) is 4.53. The lowest BCUT2D eigenvalue weighted by Gasteiger charge is -1.99. The first-order valence-corrected chi connectivity index (χ1v) is 6.90. The lowest BCUT2D eigenvalue weighted by molar-refractivity contribution is 0.932. The number of hydrogen-bond acceptors (Lipinski definition) is 3. The number of rotatable bonds is 4. The van der Waals surface area contributed by atoms with Crippen molar-refractivity contribution in [2.24, 2.45) is 0 Å². The molecule has 1 saturated carbocycles.